The smallest absolute Gasteiger partial charge is 0.00162 e. The van der Waals surface area contributed by atoms with Gasteiger partial charge >= 0.3 is 0 Å². The summed E-state index contributed by atoms with van der Waals surface area (Å²) >= 11 is 0. The van der Waals surface area contributed by atoms with Gasteiger partial charge in [0.05, 0.1) is 0 Å². The maximum atomic E-state index is 3.92. The molecule has 0 aromatic heterocycles. The molecule has 1 aliphatic rings. The molecule has 0 aliphatic carbocycles. The lowest BCUT2D eigenvalue weighted by Gasteiger charge is -2.49. The van der Waals surface area contributed by atoms with E-state index in [2.05, 4.69) is 45.4 Å². The summed E-state index contributed by atoms with van der Waals surface area (Å²) in [6.45, 7) is 13.5. The summed E-state index contributed by atoms with van der Waals surface area (Å²) in [5.74, 6) is 0. The highest BCUT2D eigenvalue weighted by Gasteiger charge is 2.42. The minimum absolute atomic E-state index is 0.405. The van der Waals surface area contributed by atoms with Gasteiger partial charge in [-0.2, -0.15) is 0 Å². The van der Waals surface area contributed by atoms with Gasteiger partial charge in [0.15, 0.2) is 0 Å². The highest BCUT2D eigenvalue weighted by Crippen LogP contribution is 2.49. The first-order valence-electron chi connectivity index (χ1n) is 5.71. The van der Waals surface area contributed by atoms with Crippen LogP contribution in [0.15, 0.2) is 12.7 Å². The van der Waals surface area contributed by atoms with Crippen molar-refractivity contribution in [2.45, 2.75) is 40.0 Å². The highest BCUT2D eigenvalue weighted by molar-refractivity contribution is 4.97. The van der Waals surface area contributed by atoms with Crippen LogP contribution in [-0.2, 0) is 0 Å². The number of nitrogens with zero attached hydrogens (tertiary/aromatic N) is 1. The van der Waals surface area contributed by atoms with Crippen LogP contribution in [0, 0.1) is 10.8 Å². The van der Waals surface area contributed by atoms with Gasteiger partial charge in [-0.1, -0.05) is 26.8 Å². The van der Waals surface area contributed by atoms with Crippen molar-refractivity contribution in [2.24, 2.45) is 10.8 Å². The van der Waals surface area contributed by atoms with Crippen molar-refractivity contribution in [3.63, 3.8) is 0 Å². The molecule has 0 atom stereocenters. The van der Waals surface area contributed by atoms with E-state index in [9.17, 15) is 0 Å². The zero-order chi connectivity index (χ0) is 10.8. The quantitative estimate of drug-likeness (QED) is 0.611. The van der Waals surface area contributed by atoms with E-state index in [1.165, 1.54) is 32.4 Å². The summed E-state index contributed by atoms with van der Waals surface area (Å²) in [5, 5.41) is 0. The Hall–Kier alpha value is -0.300. The third-order valence-electron chi connectivity index (χ3n) is 4.07. The zero-order valence-corrected chi connectivity index (χ0v) is 10.3. The molecule has 1 saturated heterocycles. The molecule has 1 nitrogen and oxygen atoms in total. The number of allylic oxidation sites excluding steroid dienone is 1. The zero-order valence-electron chi connectivity index (χ0n) is 10.3. The fourth-order valence-corrected chi connectivity index (χ4v) is 2.58. The molecule has 14 heavy (non-hydrogen) atoms. The Labute approximate surface area is 89.2 Å². The topological polar surface area (TPSA) is 3.24 Å². The van der Waals surface area contributed by atoms with Crippen LogP contribution < -0.4 is 0 Å². The van der Waals surface area contributed by atoms with Crippen molar-refractivity contribution in [3.05, 3.63) is 12.7 Å². The molecule has 0 bridgehead atoms. The summed E-state index contributed by atoms with van der Waals surface area (Å²) in [5.41, 5.74) is 0.893. The first-order chi connectivity index (χ1) is 6.41. The van der Waals surface area contributed by atoms with Crippen LogP contribution in [0.1, 0.15) is 40.0 Å². The fraction of sp³-hybridized carbons (Fsp3) is 0.846. The van der Waals surface area contributed by atoms with E-state index in [4.69, 9.17) is 0 Å². The molecular weight excluding hydrogens is 170 g/mol. The Balaban J connectivity index is 2.78. The van der Waals surface area contributed by atoms with Gasteiger partial charge in [0.2, 0.25) is 0 Å². The SMILES string of the molecule is C=CCC1(C(C)(C)C)CCN(C)CC1. The van der Waals surface area contributed by atoms with E-state index in [0.717, 1.165) is 0 Å². The Morgan fingerprint density at radius 3 is 2.14 bits per heavy atom. The van der Waals surface area contributed by atoms with E-state index in [0.29, 0.717) is 10.8 Å². The molecule has 0 aromatic carbocycles. The normalized spacial score (nSPS) is 23.4. The fourth-order valence-electron chi connectivity index (χ4n) is 2.58. The van der Waals surface area contributed by atoms with Crippen molar-refractivity contribution in [1.29, 1.82) is 0 Å². The molecule has 1 aliphatic heterocycles. The van der Waals surface area contributed by atoms with Gasteiger partial charge in [0.1, 0.15) is 0 Å². The molecule has 1 fully saturated rings. The molecule has 0 radical (unpaired) electrons. The lowest BCUT2D eigenvalue weighted by atomic mass is 9.60. The van der Waals surface area contributed by atoms with Crippen molar-refractivity contribution < 1.29 is 0 Å². The predicted octanol–water partition coefficient (Wildman–Crippen LogP) is 3.32. The molecule has 1 heteroatoms. The van der Waals surface area contributed by atoms with Crippen molar-refractivity contribution in [2.75, 3.05) is 20.1 Å². The van der Waals surface area contributed by atoms with Gasteiger partial charge in [0.25, 0.3) is 0 Å². The number of piperidine rings is 1. The third kappa shape index (κ3) is 2.20. The van der Waals surface area contributed by atoms with Gasteiger partial charge in [-0.05, 0) is 50.2 Å². The van der Waals surface area contributed by atoms with Crippen LogP contribution >= 0.6 is 0 Å². The highest BCUT2D eigenvalue weighted by atomic mass is 15.1. The Morgan fingerprint density at radius 1 is 1.29 bits per heavy atom. The Morgan fingerprint density at radius 2 is 1.79 bits per heavy atom. The second-order valence-electron chi connectivity index (χ2n) is 5.83. The second-order valence-corrected chi connectivity index (χ2v) is 5.83. The van der Waals surface area contributed by atoms with E-state index in [1.807, 2.05) is 0 Å². The average molecular weight is 195 g/mol. The van der Waals surface area contributed by atoms with Crippen LogP contribution in [0.4, 0.5) is 0 Å². The minimum Gasteiger partial charge on any atom is -0.306 e. The molecule has 0 aromatic rings. The Bertz CT molecular complexity index is 192. The maximum absolute atomic E-state index is 3.92. The number of likely N-dealkylation sites (tertiary alicyclic amines) is 1. The third-order valence-corrected chi connectivity index (χ3v) is 4.07. The molecule has 1 heterocycles. The van der Waals surface area contributed by atoms with Crippen LogP contribution in [0.25, 0.3) is 0 Å². The van der Waals surface area contributed by atoms with Crippen LogP contribution in [0.5, 0.6) is 0 Å². The van der Waals surface area contributed by atoms with E-state index in [1.54, 1.807) is 0 Å². The summed E-state index contributed by atoms with van der Waals surface area (Å²) in [7, 11) is 2.22. The van der Waals surface area contributed by atoms with E-state index < -0.39 is 0 Å². The molecule has 0 unspecified atom stereocenters. The molecule has 82 valence electrons. The lowest BCUT2D eigenvalue weighted by Crippen LogP contribution is -2.45. The maximum Gasteiger partial charge on any atom is -0.00162 e. The standard InChI is InChI=1S/C13H25N/c1-6-7-13(12(2,3)4)8-10-14(5)11-9-13/h6H,1,7-11H2,2-5H3. The summed E-state index contributed by atoms with van der Waals surface area (Å²) in [6, 6.07) is 0. The molecule has 0 saturated carbocycles. The van der Waals surface area contributed by atoms with Crippen molar-refractivity contribution >= 4 is 0 Å². The monoisotopic (exact) mass is 195 g/mol. The van der Waals surface area contributed by atoms with Gasteiger partial charge in [-0.3, -0.25) is 0 Å². The largest absolute Gasteiger partial charge is 0.306 e. The molecule has 1 rings (SSSR count). The van der Waals surface area contributed by atoms with Gasteiger partial charge < -0.3 is 4.90 Å². The summed E-state index contributed by atoms with van der Waals surface area (Å²) in [4.78, 5) is 2.44. The van der Waals surface area contributed by atoms with Crippen LogP contribution in [-0.4, -0.2) is 25.0 Å². The first kappa shape index (κ1) is 11.8. The van der Waals surface area contributed by atoms with Gasteiger partial charge in [0, 0.05) is 0 Å². The Kier molecular flexibility index (Phi) is 3.41. The predicted molar refractivity (Wildman–Crippen MR) is 63.4 cm³/mol. The van der Waals surface area contributed by atoms with Crippen LogP contribution in [0.2, 0.25) is 0 Å². The molecule has 0 spiro atoms. The van der Waals surface area contributed by atoms with Crippen LogP contribution in [0.3, 0.4) is 0 Å². The molecular formula is C13H25N. The van der Waals surface area contributed by atoms with E-state index in [-0.39, 0.29) is 0 Å². The summed E-state index contributed by atoms with van der Waals surface area (Å²) < 4.78 is 0. The summed E-state index contributed by atoms with van der Waals surface area (Å²) in [6.07, 6.45) is 5.92. The van der Waals surface area contributed by atoms with Crippen molar-refractivity contribution in [3.8, 4) is 0 Å². The molecule has 0 N–H and O–H groups in total. The lowest BCUT2D eigenvalue weighted by molar-refractivity contribution is 0.0158. The average Bonchev–Trinajstić information content (AvgIpc) is 2.07. The second kappa shape index (κ2) is 4.06. The van der Waals surface area contributed by atoms with Gasteiger partial charge in [-0.25, -0.2) is 0 Å². The van der Waals surface area contributed by atoms with Gasteiger partial charge in [-0.15, -0.1) is 6.58 Å². The number of hydrogen-bond acceptors (Lipinski definition) is 1. The van der Waals surface area contributed by atoms with E-state index >= 15 is 0 Å². The number of hydrogen-bond donors (Lipinski definition) is 0. The number of rotatable bonds is 2. The minimum atomic E-state index is 0.405. The first-order valence-corrected chi connectivity index (χ1v) is 5.71. The molecule has 0 amide bonds. The van der Waals surface area contributed by atoms with Crippen molar-refractivity contribution in [1.82, 2.24) is 4.90 Å².